The van der Waals surface area contributed by atoms with E-state index in [1.807, 2.05) is 26.0 Å². The molecule has 7 nitrogen and oxygen atoms in total. The van der Waals surface area contributed by atoms with Gasteiger partial charge in [0.1, 0.15) is 17.7 Å². The third-order valence-electron chi connectivity index (χ3n) is 7.14. The zero-order valence-corrected chi connectivity index (χ0v) is 25.6. The summed E-state index contributed by atoms with van der Waals surface area (Å²) >= 11 is 0. The first-order valence-corrected chi connectivity index (χ1v) is 15.1. The summed E-state index contributed by atoms with van der Waals surface area (Å²) in [5.41, 5.74) is 0.716. The fourth-order valence-electron chi connectivity index (χ4n) is 5.18. The molecule has 2 rings (SSSR count). The number of nitrogens with one attached hydrogen (secondary N) is 2. The summed E-state index contributed by atoms with van der Waals surface area (Å²) in [7, 11) is 0. The molecule has 0 heterocycles. The summed E-state index contributed by atoms with van der Waals surface area (Å²) in [6, 6.07) is 5.73. The molecule has 0 radical (unpaired) electrons. The summed E-state index contributed by atoms with van der Waals surface area (Å²) in [6.07, 6.45) is 14.4. The van der Waals surface area contributed by atoms with Crippen LogP contribution in [0.2, 0.25) is 0 Å². The van der Waals surface area contributed by atoms with Crippen molar-refractivity contribution in [3.63, 3.8) is 0 Å². The summed E-state index contributed by atoms with van der Waals surface area (Å²) in [5.74, 6) is 2.29. The van der Waals surface area contributed by atoms with E-state index in [0.29, 0.717) is 24.1 Å². The number of ether oxygens (including phenoxy) is 1. The van der Waals surface area contributed by atoms with Gasteiger partial charge >= 0.3 is 6.09 Å². The number of terminal acetylenes is 1. The van der Waals surface area contributed by atoms with Crippen LogP contribution in [0.3, 0.4) is 0 Å². The van der Waals surface area contributed by atoms with Crippen molar-refractivity contribution in [3.8, 4) is 12.3 Å². The standard InChI is InChI=1S/C33H51N3O4/c1-8-10-11-15-22-36(31(38)28(23-24(3)4)35-32(39)40-33(5,6)7)29(26-20-18-25(9-2)19-21-26)30(37)34-27-16-13-12-14-17-27/h2,18-21,24,27-29H,8,10-17,22-23H2,1,3-7H3,(H,34,37)(H,35,39). The third kappa shape index (κ3) is 11.2. The number of benzene rings is 1. The van der Waals surface area contributed by atoms with Gasteiger partial charge in [0.2, 0.25) is 11.8 Å². The molecule has 0 aliphatic heterocycles. The largest absolute Gasteiger partial charge is 0.444 e. The monoisotopic (exact) mass is 553 g/mol. The molecule has 1 aliphatic rings. The van der Waals surface area contributed by atoms with Gasteiger partial charge in [0.15, 0.2) is 0 Å². The van der Waals surface area contributed by atoms with Crippen LogP contribution < -0.4 is 10.6 Å². The predicted molar refractivity (Wildman–Crippen MR) is 161 cm³/mol. The van der Waals surface area contributed by atoms with E-state index in [-0.39, 0.29) is 23.8 Å². The van der Waals surface area contributed by atoms with Gasteiger partial charge in [-0.3, -0.25) is 9.59 Å². The van der Waals surface area contributed by atoms with E-state index < -0.39 is 23.8 Å². The summed E-state index contributed by atoms with van der Waals surface area (Å²) in [6.45, 7) is 11.9. The Labute approximate surface area is 242 Å². The minimum Gasteiger partial charge on any atom is -0.444 e. The molecule has 7 heteroatoms. The molecule has 0 aromatic heterocycles. The highest BCUT2D eigenvalue weighted by atomic mass is 16.6. The maximum atomic E-state index is 14.3. The smallest absolute Gasteiger partial charge is 0.408 e. The fraction of sp³-hybridized carbons (Fsp3) is 0.667. The molecule has 222 valence electrons. The lowest BCUT2D eigenvalue weighted by Crippen LogP contribution is -2.54. The second kappa shape index (κ2) is 16.3. The molecule has 0 saturated heterocycles. The van der Waals surface area contributed by atoms with E-state index in [1.54, 1.807) is 37.8 Å². The van der Waals surface area contributed by atoms with Crippen molar-refractivity contribution in [3.05, 3.63) is 35.4 Å². The summed E-state index contributed by atoms with van der Waals surface area (Å²) in [4.78, 5) is 42.8. The van der Waals surface area contributed by atoms with Gasteiger partial charge in [-0.1, -0.05) is 77.3 Å². The zero-order chi connectivity index (χ0) is 29.7. The lowest BCUT2D eigenvalue weighted by molar-refractivity contribution is -0.143. The molecule has 1 saturated carbocycles. The molecule has 1 fully saturated rings. The van der Waals surface area contributed by atoms with E-state index >= 15 is 0 Å². The van der Waals surface area contributed by atoms with Crippen molar-refractivity contribution < 1.29 is 19.1 Å². The normalized spacial score (nSPS) is 15.6. The van der Waals surface area contributed by atoms with Crippen LogP contribution in [0.1, 0.15) is 123 Å². The van der Waals surface area contributed by atoms with E-state index in [4.69, 9.17) is 11.2 Å². The molecule has 2 atom stereocenters. The van der Waals surface area contributed by atoms with E-state index in [2.05, 4.69) is 23.5 Å². The molecule has 1 aromatic rings. The fourth-order valence-corrected chi connectivity index (χ4v) is 5.18. The van der Waals surface area contributed by atoms with Crippen molar-refractivity contribution in [1.82, 2.24) is 15.5 Å². The molecule has 0 bridgehead atoms. The van der Waals surface area contributed by atoms with Crippen LogP contribution in [0.15, 0.2) is 24.3 Å². The number of carbonyl (C=O) groups excluding carboxylic acids is 3. The Hall–Kier alpha value is -3.01. The van der Waals surface area contributed by atoms with Gasteiger partial charge in [-0.2, -0.15) is 0 Å². The Bertz CT molecular complexity index is 984. The second-order valence-corrected chi connectivity index (χ2v) is 12.4. The number of hydrogen-bond acceptors (Lipinski definition) is 4. The van der Waals surface area contributed by atoms with Crippen molar-refractivity contribution in [1.29, 1.82) is 0 Å². The second-order valence-electron chi connectivity index (χ2n) is 12.4. The van der Waals surface area contributed by atoms with Crippen LogP contribution in [0, 0.1) is 18.3 Å². The number of nitrogens with zero attached hydrogens (tertiary/aromatic N) is 1. The Balaban J connectivity index is 2.48. The first-order valence-electron chi connectivity index (χ1n) is 15.1. The van der Waals surface area contributed by atoms with Crippen molar-refractivity contribution in [2.45, 2.75) is 129 Å². The number of amides is 3. The lowest BCUT2D eigenvalue weighted by Gasteiger charge is -2.36. The SMILES string of the molecule is C#Cc1ccc(C(C(=O)NC2CCCCC2)N(CCCCCC)C(=O)C(CC(C)C)NC(=O)OC(C)(C)C)cc1. The highest BCUT2D eigenvalue weighted by Crippen LogP contribution is 2.27. The first-order chi connectivity index (χ1) is 18.9. The number of carbonyl (C=O) groups is 3. The number of rotatable bonds is 13. The van der Waals surface area contributed by atoms with Gasteiger partial charge in [0.05, 0.1) is 0 Å². The summed E-state index contributed by atoms with van der Waals surface area (Å²) in [5, 5.41) is 6.07. The van der Waals surface area contributed by atoms with Crippen LogP contribution in [0.4, 0.5) is 4.79 Å². The van der Waals surface area contributed by atoms with Gasteiger partial charge in [0, 0.05) is 18.2 Å². The van der Waals surface area contributed by atoms with Crippen LogP contribution in [-0.4, -0.2) is 47.0 Å². The first kappa shape index (κ1) is 33.2. The molecular formula is C33H51N3O4. The minimum atomic E-state index is -0.835. The minimum absolute atomic E-state index is 0.0946. The third-order valence-corrected chi connectivity index (χ3v) is 7.14. The van der Waals surface area contributed by atoms with Crippen molar-refractivity contribution >= 4 is 17.9 Å². The number of unbranched alkanes of at least 4 members (excludes halogenated alkanes) is 3. The maximum absolute atomic E-state index is 14.3. The molecule has 2 N–H and O–H groups in total. The van der Waals surface area contributed by atoms with Crippen LogP contribution in [0.5, 0.6) is 0 Å². The molecule has 2 unspecified atom stereocenters. The van der Waals surface area contributed by atoms with Crippen LogP contribution >= 0.6 is 0 Å². The molecule has 1 aliphatic carbocycles. The lowest BCUT2D eigenvalue weighted by atomic mass is 9.94. The highest BCUT2D eigenvalue weighted by molar-refractivity contribution is 5.92. The summed E-state index contributed by atoms with van der Waals surface area (Å²) < 4.78 is 5.49. The Morgan fingerprint density at radius 1 is 1.05 bits per heavy atom. The Morgan fingerprint density at radius 2 is 1.70 bits per heavy atom. The Morgan fingerprint density at radius 3 is 2.25 bits per heavy atom. The van der Waals surface area contributed by atoms with Gasteiger partial charge in [0.25, 0.3) is 0 Å². The van der Waals surface area contributed by atoms with Gasteiger partial charge in [-0.15, -0.1) is 6.42 Å². The maximum Gasteiger partial charge on any atom is 0.408 e. The molecular weight excluding hydrogens is 502 g/mol. The van der Waals surface area contributed by atoms with Gasteiger partial charge in [-0.05, 0) is 70.1 Å². The van der Waals surface area contributed by atoms with Crippen LogP contribution in [-0.2, 0) is 14.3 Å². The molecule has 0 spiro atoms. The van der Waals surface area contributed by atoms with E-state index in [9.17, 15) is 14.4 Å². The molecule has 3 amide bonds. The molecule has 1 aromatic carbocycles. The number of hydrogen-bond donors (Lipinski definition) is 2. The van der Waals surface area contributed by atoms with Crippen molar-refractivity contribution in [2.24, 2.45) is 5.92 Å². The predicted octanol–water partition coefficient (Wildman–Crippen LogP) is 6.51. The highest BCUT2D eigenvalue weighted by Gasteiger charge is 2.37. The van der Waals surface area contributed by atoms with Crippen LogP contribution in [0.25, 0.3) is 0 Å². The Kier molecular flexibility index (Phi) is 13.5. The average Bonchev–Trinajstić information content (AvgIpc) is 2.89. The van der Waals surface area contributed by atoms with Gasteiger partial charge < -0.3 is 20.3 Å². The van der Waals surface area contributed by atoms with E-state index in [1.165, 1.54) is 6.42 Å². The van der Waals surface area contributed by atoms with Crippen molar-refractivity contribution in [2.75, 3.05) is 6.54 Å². The quantitative estimate of drug-likeness (QED) is 0.215. The van der Waals surface area contributed by atoms with Gasteiger partial charge in [-0.25, -0.2) is 4.79 Å². The zero-order valence-electron chi connectivity index (χ0n) is 25.6. The average molecular weight is 554 g/mol. The topological polar surface area (TPSA) is 87.7 Å². The van der Waals surface area contributed by atoms with E-state index in [0.717, 1.165) is 51.4 Å². The molecule has 40 heavy (non-hydrogen) atoms. The number of alkyl carbamates (subject to hydrolysis) is 1.